The van der Waals surface area contributed by atoms with Crippen LogP contribution in [0.4, 0.5) is 0 Å². The highest BCUT2D eigenvalue weighted by Gasteiger charge is 2.13. The van der Waals surface area contributed by atoms with Gasteiger partial charge in [0.05, 0.1) is 6.61 Å². The topological polar surface area (TPSA) is 72.5 Å². The van der Waals surface area contributed by atoms with Gasteiger partial charge in [0.2, 0.25) is 5.88 Å². The van der Waals surface area contributed by atoms with Crippen molar-refractivity contribution in [2.24, 2.45) is 0 Å². The monoisotopic (exact) mass is 371 g/mol. The maximum atomic E-state index is 11.8. The standard InChI is InChI=1S/C21H29N3O3/c1-21(2,3)24-19(25)16-27-18-10-8-17(9-11-18)15-22-12-6-14-26-20-7-4-5-13-23-20/h4-5,7-11,13,22H,6,12,14-16H2,1-3H3,(H,24,25). The summed E-state index contributed by atoms with van der Waals surface area (Å²) in [4.78, 5) is 15.9. The molecule has 0 saturated carbocycles. The summed E-state index contributed by atoms with van der Waals surface area (Å²) in [5.74, 6) is 1.22. The molecule has 1 amide bonds. The van der Waals surface area contributed by atoms with Crippen LogP contribution in [0.2, 0.25) is 0 Å². The van der Waals surface area contributed by atoms with Crippen molar-refractivity contribution in [3.63, 3.8) is 0 Å². The van der Waals surface area contributed by atoms with Crippen molar-refractivity contribution in [3.05, 3.63) is 54.2 Å². The molecule has 1 aromatic carbocycles. The molecule has 0 saturated heterocycles. The van der Waals surface area contributed by atoms with Crippen LogP contribution in [0.15, 0.2) is 48.7 Å². The molecule has 0 bridgehead atoms. The molecule has 2 rings (SSSR count). The van der Waals surface area contributed by atoms with Crippen molar-refractivity contribution >= 4 is 5.91 Å². The van der Waals surface area contributed by atoms with Gasteiger partial charge >= 0.3 is 0 Å². The van der Waals surface area contributed by atoms with E-state index in [0.29, 0.717) is 18.2 Å². The third kappa shape index (κ3) is 9.06. The second kappa shape index (κ2) is 10.5. The third-order valence-electron chi connectivity index (χ3n) is 3.52. The summed E-state index contributed by atoms with van der Waals surface area (Å²) < 4.78 is 11.1. The van der Waals surface area contributed by atoms with Crippen LogP contribution in [-0.2, 0) is 11.3 Å². The molecule has 0 spiro atoms. The van der Waals surface area contributed by atoms with Gasteiger partial charge in [-0.25, -0.2) is 4.98 Å². The Hall–Kier alpha value is -2.60. The van der Waals surface area contributed by atoms with Crippen molar-refractivity contribution in [1.82, 2.24) is 15.6 Å². The lowest BCUT2D eigenvalue weighted by Crippen LogP contribution is -2.43. The quantitative estimate of drug-likeness (QED) is 0.628. The molecule has 1 heterocycles. The lowest BCUT2D eigenvalue weighted by atomic mass is 10.1. The van der Waals surface area contributed by atoms with Crippen molar-refractivity contribution in [2.75, 3.05) is 19.8 Å². The normalized spacial score (nSPS) is 11.1. The molecule has 6 nitrogen and oxygen atoms in total. The molecule has 1 aromatic heterocycles. The van der Waals surface area contributed by atoms with Gasteiger partial charge in [-0.2, -0.15) is 0 Å². The zero-order valence-corrected chi connectivity index (χ0v) is 16.3. The largest absolute Gasteiger partial charge is 0.484 e. The Morgan fingerprint density at radius 1 is 1.07 bits per heavy atom. The van der Waals surface area contributed by atoms with E-state index in [0.717, 1.165) is 25.1 Å². The predicted molar refractivity (Wildman–Crippen MR) is 106 cm³/mol. The van der Waals surface area contributed by atoms with Crippen LogP contribution in [0.5, 0.6) is 11.6 Å². The lowest BCUT2D eigenvalue weighted by Gasteiger charge is -2.20. The molecule has 146 valence electrons. The Bertz CT molecular complexity index is 682. The third-order valence-corrected chi connectivity index (χ3v) is 3.52. The molecule has 0 aliphatic heterocycles. The average molecular weight is 371 g/mol. The number of rotatable bonds is 10. The molecule has 0 atom stereocenters. The van der Waals surface area contributed by atoms with Crippen LogP contribution in [0.3, 0.4) is 0 Å². The molecule has 0 fully saturated rings. The summed E-state index contributed by atoms with van der Waals surface area (Å²) in [6, 6.07) is 13.4. The van der Waals surface area contributed by atoms with Crippen molar-refractivity contribution in [2.45, 2.75) is 39.3 Å². The minimum absolute atomic E-state index is 0.0190. The second-order valence-corrected chi connectivity index (χ2v) is 7.28. The molecular weight excluding hydrogens is 342 g/mol. The number of hydrogen-bond donors (Lipinski definition) is 2. The molecule has 0 unspecified atom stereocenters. The van der Waals surface area contributed by atoms with Crippen LogP contribution in [-0.4, -0.2) is 36.2 Å². The Balaban J connectivity index is 1.59. The predicted octanol–water partition coefficient (Wildman–Crippen LogP) is 2.93. The number of benzene rings is 1. The summed E-state index contributed by atoms with van der Waals surface area (Å²) in [5.41, 5.74) is 0.908. The van der Waals surface area contributed by atoms with Gasteiger partial charge < -0.3 is 20.1 Å². The SMILES string of the molecule is CC(C)(C)NC(=O)COc1ccc(CNCCCOc2ccccn2)cc1. The summed E-state index contributed by atoms with van der Waals surface area (Å²) in [5, 5.41) is 6.25. The Kier molecular flexibility index (Phi) is 8.07. The molecule has 2 N–H and O–H groups in total. The number of carbonyl (C=O) groups excluding carboxylic acids is 1. The molecule has 0 aliphatic carbocycles. The summed E-state index contributed by atoms with van der Waals surface area (Å²) in [6.45, 7) is 8.11. The smallest absolute Gasteiger partial charge is 0.258 e. The van der Waals surface area contributed by atoms with Gasteiger partial charge in [0.15, 0.2) is 6.61 Å². The fraction of sp³-hybridized carbons (Fsp3) is 0.429. The number of carbonyl (C=O) groups is 1. The highest BCUT2D eigenvalue weighted by molar-refractivity contribution is 5.78. The van der Waals surface area contributed by atoms with Crippen LogP contribution >= 0.6 is 0 Å². The highest BCUT2D eigenvalue weighted by Crippen LogP contribution is 2.12. The highest BCUT2D eigenvalue weighted by atomic mass is 16.5. The fourth-order valence-electron chi connectivity index (χ4n) is 2.35. The Morgan fingerprint density at radius 2 is 1.85 bits per heavy atom. The van der Waals surface area contributed by atoms with E-state index in [2.05, 4.69) is 15.6 Å². The van der Waals surface area contributed by atoms with Crippen LogP contribution in [0.1, 0.15) is 32.8 Å². The zero-order chi connectivity index (χ0) is 19.5. The van der Waals surface area contributed by atoms with Gasteiger partial charge in [-0.1, -0.05) is 18.2 Å². The molecule has 2 aromatic rings. The van der Waals surface area contributed by atoms with Crippen LogP contribution in [0, 0.1) is 0 Å². The van der Waals surface area contributed by atoms with Gasteiger partial charge in [-0.05, 0) is 57.5 Å². The van der Waals surface area contributed by atoms with E-state index in [-0.39, 0.29) is 18.1 Å². The van der Waals surface area contributed by atoms with E-state index < -0.39 is 0 Å². The van der Waals surface area contributed by atoms with E-state index in [4.69, 9.17) is 9.47 Å². The lowest BCUT2D eigenvalue weighted by molar-refractivity contribution is -0.124. The number of ether oxygens (including phenoxy) is 2. The van der Waals surface area contributed by atoms with Crippen molar-refractivity contribution in [3.8, 4) is 11.6 Å². The summed E-state index contributed by atoms with van der Waals surface area (Å²) >= 11 is 0. The van der Waals surface area contributed by atoms with Crippen molar-refractivity contribution in [1.29, 1.82) is 0 Å². The molecule has 0 radical (unpaired) electrons. The second-order valence-electron chi connectivity index (χ2n) is 7.28. The van der Waals surface area contributed by atoms with Gasteiger partial charge in [-0.3, -0.25) is 4.79 Å². The number of nitrogens with one attached hydrogen (secondary N) is 2. The summed E-state index contributed by atoms with van der Waals surface area (Å²) in [6.07, 6.45) is 2.62. The summed E-state index contributed by atoms with van der Waals surface area (Å²) in [7, 11) is 0. The average Bonchev–Trinajstić information content (AvgIpc) is 2.63. The number of nitrogens with zero attached hydrogens (tertiary/aromatic N) is 1. The van der Waals surface area contributed by atoms with Crippen LogP contribution < -0.4 is 20.1 Å². The van der Waals surface area contributed by atoms with Crippen molar-refractivity contribution < 1.29 is 14.3 Å². The molecule has 27 heavy (non-hydrogen) atoms. The minimum atomic E-state index is -0.251. The maximum absolute atomic E-state index is 11.8. The van der Waals surface area contributed by atoms with E-state index in [9.17, 15) is 4.79 Å². The first-order chi connectivity index (χ1) is 12.9. The van der Waals surface area contributed by atoms with Gasteiger partial charge in [-0.15, -0.1) is 0 Å². The molecule has 0 aliphatic rings. The number of aromatic nitrogens is 1. The zero-order valence-electron chi connectivity index (χ0n) is 16.3. The maximum Gasteiger partial charge on any atom is 0.258 e. The number of hydrogen-bond acceptors (Lipinski definition) is 5. The number of pyridine rings is 1. The van der Waals surface area contributed by atoms with Gasteiger partial charge in [0, 0.05) is 24.3 Å². The van der Waals surface area contributed by atoms with E-state index in [1.165, 1.54) is 0 Å². The Morgan fingerprint density at radius 3 is 2.52 bits per heavy atom. The first-order valence-corrected chi connectivity index (χ1v) is 9.20. The van der Waals surface area contributed by atoms with E-state index in [1.54, 1.807) is 6.20 Å². The fourth-order valence-corrected chi connectivity index (χ4v) is 2.35. The van der Waals surface area contributed by atoms with E-state index in [1.807, 2.05) is 63.2 Å². The van der Waals surface area contributed by atoms with Gasteiger partial charge in [0.25, 0.3) is 5.91 Å². The first-order valence-electron chi connectivity index (χ1n) is 9.20. The van der Waals surface area contributed by atoms with Crippen LogP contribution in [0.25, 0.3) is 0 Å². The van der Waals surface area contributed by atoms with Gasteiger partial charge in [0.1, 0.15) is 5.75 Å². The first kappa shape index (κ1) is 20.7. The van der Waals surface area contributed by atoms with E-state index >= 15 is 0 Å². The molecule has 6 heteroatoms. The minimum Gasteiger partial charge on any atom is -0.484 e. The number of amides is 1. The Labute approximate surface area is 161 Å². The molecular formula is C21H29N3O3.